The van der Waals surface area contributed by atoms with Gasteiger partial charge < -0.3 is 0 Å². The predicted molar refractivity (Wildman–Crippen MR) is 49.1 cm³/mol. The van der Waals surface area contributed by atoms with Crippen molar-refractivity contribution in [2.45, 2.75) is 16.9 Å². The largest absolute Gasteiger partial charge is 0.446 e. The Morgan fingerprint density at radius 3 is 2.60 bits per heavy atom. The maximum Gasteiger partial charge on any atom is 0.446 e. The van der Waals surface area contributed by atoms with E-state index in [0.29, 0.717) is 0 Å². The maximum atomic E-state index is 12.0. The van der Waals surface area contributed by atoms with Crippen LogP contribution in [0.4, 0.5) is 13.2 Å². The van der Waals surface area contributed by atoms with E-state index < -0.39 is 17.0 Å². The summed E-state index contributed by atoms with van der Waals surface area (Å²) in [5.41, 5.74) is -4.11. The minimum absolute atomic E-state index is 0.0400. The number of thioether (sulfide) groups is 1. The van der Waals surface area contributed by atoms with Crippen LogP contribution in [0.1, 0.15) is 5.56 Å². The lowest BCUT2D eigenvalue weighted by atomic mass is 10.2. The van der Waals surface area contributed by atoms with Gasteiger partial charge in [-0.2, -0.15) is 13.2 Å². The first kappa shape index (κ1) is 11.8. The van der Waals surface area contributed by atoms with E-state index in [-0.39, 0.29) is 22.2 Å². The molecule has 0 aliphatic carbocycles. The zero-order chi connectivity index (χ0) is 11.5. The molecule has 0 radical (unpaired) electrons. The molecule has 0 fully saturated rings. The third-order valence-corrected chi connectivity index (χ3v) is 2.16. The Morgan fingerprint density at radius 2 is 2.07 bits per heavy atom. The van der Waals surface area contributed by atoms with Crippen molar-refractivity contribution in [3.05, 3.63) is 39.9 Å². The molecule has 0 aliphatic heterocycles. The highest BCUT2D eigenvalue weighted by Crippen LogP contribution is 2.36. The standard InChI is InChI=1S/C8H6F3NO2S/c9-8(10,11)15-7-3-1-2-6(4-7)5-12(13)14/h1-4H,5H2. The Balaban J connectivity index is 2.79. The van der Waals surface area contributed by atoms with Crippen LogP contribution in [0.5, 0.6) is 0 Å². The van der Waals surface area contributed by atoms with Gasteiger partial charge in [-0.25, -0.2) is 0 Å². The second-order valence-electron chi connectivity index (χ2n) is 2.69. The molecule has 1 rings (SSSR count). The van der Waals surface area contributed by atoms with Crippen LogP contribution in [0, 0.1) is 10.1 Å². The molecule has 0 aromatic heterocycles. The van der Waals surface area contributed by atoms with Gasteiger partial charge in [-0.3, -0.25) is 10.1 Å². The van der Waals surface area contributed by atoms with E-state index in [9.17, 15) is 23.3 Å². The molecule has 0 bridgehead atoms. The van der Waals surface area contributed by atoms with E-state index in [0.717, 1.165) is 0 Å². The van der Waals surface area contributed by atoms with Crippen molar-refractivity contribution < 1.29 is 18.1 Å². The van der Waals surface area contributed by atoms with E-state index in [1.54, 1.807) is 0 Å². The van der Waals surface area contributed by atoms with Crippen molar-refractivity contribution in [1.82, 2.24) is 0 Å². The van der Waals surface area contributed by atoms with E-state index in [4.69, 9.17) is 0 Å². The Labute approximate surface area is 87.4 Å². The van der Waals surface area contributed by atoms with Crippen molar-refractivity contribution >= 4 is 11.8 Å². The van der Waals surface area contributed by atoms with Gasteiger partial charge in [-0.15, -0.1) is 0 Å². The number of hydrogen-bond donors (Lipinski definition) is 0. The van der Waals surface area contributed by atoms with Gasteiger partial charge >= 0.3 is 5.51 Å². The number of halogens is 3. The van der Waals surface area contributed by atoms with Gasteiger partial charge in [-0.05, 0) is 23.9 Å². The number of rotatable bonds is 3. The molecule has 0 heterocycles. The smallest absolute Gasteiger partial charge is 0.264 e. The topological polar surface area (TPSA) is 43.1 Å². The van der Waals surface area contributed by atoms with Gasteiger partial charge in [0.05, 0.1) is 0 Å². The molecule has 0 saturated heterocycles. The molecular weight excluding hydrogens is 231 g/mol. The minimum atomic E-state index is -4.37. The fraction of sp³-hybridized carbons (Fsp3) is 0.250. The summed E-state index contributed by atoms with van der Waals surface area (Å²) >= 11 is -0.281. The zero-order valence-corrected chi connectivity index (χ0v) is 8.14. The summed E-state index contributed by atoms with van der Waals surface area (Å²) in [5, 5.41) is 10.1. The number of hydrogen-bond acceptors (Lipinski definition) is 3. The van der Waals surface area contributed by atoms with Gasteiger partial charge in [0.1, 0.15) is 0 Å². The number of alkyl halides is 3. The van der Waals surface area contributed by atoms with Crippen LogP contribution in [0.2, 0.25) is 0 Å². The van der Waals surface area contributed by atoms with Crippen molar-refractivity contribution in [2.24, 2.45) is 0 Å². The first-order valence-corrected chi connectivity index (χ1v) is 4.65. The summed E-state index contributed by atoms with van der Waals surface area (Å²) in [4.78, 5) is 9.52. The third-order valence-electron chi connectivity index (χ3n) is 1.44. The highest BCUT2D eigenvalue weighted by molar-refractivity contribution is 8.00. The van der Waals surface area contributed by atoms with E-state index in [1.165, 1.54) is 24.3 Å². The second-order valence-corrected chi connectivity index (χ2v) is 3.82. The Morgan fingerprint density at radius 1 is 1.40 bits per heavy atom. The number of nitro groups is 1. The maximum absolute atomic E-state index is 12.0. The van der Waals surface area contributed by atoms with Crippen LogP contribution in [-0.2, 0) is 6.54 Å². The van der Waals surface area contributed by atoms with E-state index in [2.05, 4.69) is 0 Å². The molecule has 1 aromatic carbocycles. The molecule has 0 N–H and O–H groups in total. The Hall–Kier alpha value is -1.24. The summed E-state index contributed by atoms with van der Waals surface area (Å²) in [7, 11) is 0. The molecule has 15 heavy (non-hydrogen) atoms. The molecule has 0 saturated carbocycles. The van der Waals surface area contributed by atoms with Crippen molar-refractivity contribution in [2.75, 3.05) is 0 Å². The van der Waals surface area contributed by atoms with Crippen LogP contribution < -0.4 is 0 Å². The SMILES string of the molecule is O=[N+]([O-])Cc1cccc(SC(F)(F)F)c1. The zero-order valence-electron chi connectivity index (χ0n) is 7.32. The highest BCUT2D eigenvalue weighted by atomic mass is 32.2. The fourth-order valence-corrected chi connectivity index (χ4v) is 1.61. The molecule has 82 valence electrons. The quantitative estimate of drug-likeness (QED) is 0.461. The van der Waals surface area contributed by atoms with Gasteiger partial charge in [0, 0.05) is 15.4 Å². The lowest BCUT2D eigenvalue weighted by Crippen LogP contribution is -2.01. The summed E-state index contributed by atoms with van der Waals surface area (Å²) in [6.07, 6.45) is 0. The first-order chi connectivity index (χ1) is 6.87. The number of benzene rings is 1. The van der Waals surface area contributed by atoms with Crippen molar-refractivity contribution in [1.29, 1.82) is 0 Å². The van der Waals surface area contributed by atoms with Crippen molar-refractivity contribution in [3.63, 3.8) is 0 Å². The highest BCUT2D eigenvalue weighted by Gasteiger charge is 2.29. The molecular formula is C8H6F3NO2S. The predicted octanol–water partition coefficient (Wildman–Crippen LogP) is 3.08. The molecule has 0 amide bonds. The van der Waals surface area contributed by atoms with Crippen LogP contribution >= 0.6 is 11.8 Å². The van der Waals surface area contributed by atoms with Crippen molar-refractivity contribution in [3.8, 4) is 0 Å². The second kappa shape index (κ2) is 4.52. The van der Waals surface area contributed by atoms with Gasteiger partial charge in [0.15, 0.2) is 0 Å². The van der Waals surface area contributed by atoms with Gasteiger partial charge in [-0.1, -0.05) is 12.1 Å². The summed E-state index contributed by atoms with van der Waals surface area (Å²) in [6, 6.07) is 5.22. The van der Waals surface area contributed by atoms with Gasteiger partial charge in [0.25, 0.3) is 0 Å². The van der Waals surface area contributed by atoms with Gasteiger partial charge in [0.2, 0.25) is 6.54 Å². The molecule has 3 nitrogen and oxygen atoms in total. The fourth-order valence-electron chi connectivity index (χ4n) is 0.990. The Bertz CT molecular complexity index is 367. The molecule has 0 unspecified atom stereocenters. The lowest BCUT2D eigenvalue weighted by molar-refractivity contribution is -0.496. The van der Waals surface area contributed by atoms with Crippen LogP contribution in [-0.4, -0.2) is 10.4 Å². The average Bonchev–Trinajstić information content (AvgIpc) is 1.99. The average molecular weight is 237 g/mol. The molecule has 7 heteroatoms. The van der Waals surface area contributed by atoms with Crippen LogP contribution in [0.25, 0.3) is 0 Å². The summed E-state index contributed by atoms with van der Waals surface area (Å²) in [6.45, 7) is -0.466. The first-order valence-electron chi connectivity index (χ1n) is 3.83. The lowest BCUT2D eigenvalue weighted by Gasteiger charge is -2.05. The molecule has 0 atom stereocenters. The molecule has 1 aromatic rings. The van der Waals surface area contributed by atoms with E-state index >= 15 is 0 Å². The van der Waals surface area contributed by atoms with Crippen LogP contribution in [0.15, 0.2) is 29.2 Å². The third kappa shape index (κ3) is 4.68. The van der Waals surface area contributed by atoms with Crippen LogP contribution in [0.3, 0.4) is 0 Å². The summed E-state index contributed by atoms with van der Waals surface area (Å²) < 4.78 is 35.9. The molecule has 0 aliphatic rings. The monoisotopic (exact) mass is 237 g/mol. The normalized spacial score (nSPS) is 11.4. The Kier molecular flexibility index (Phi) is 3.57. The minimum Gasteiger partial charge on any atom is -0.264 e. The summed E-state index contributed by atoms with van der Waals surface area (Å²) in [5.74, 6) is 0. The number of nitrogens with zero attached hydrogens (tertiary/aromatic N) is 1. The molecule has 0 spiro atoms. The van der Waals surface area contributed by atoms with E-state index in [1.807, 2.05) is 0 Å².